The lowest BCUT2D eigenvalue weighted by atomic mass is 10.2. The Bertz CT molecular complexity index is 698. The summed E-state index contributed by atoms with van der Waals surface area (Å²) in [6.45, 7) is 0. The minimum Gasteiger partial charge on any atom is -0.508 e. The van der Waals surface area contributed by atoms with E-state index in [4.69, 9.17) is 9.47 Å². The van der Waals surface area contributed by atoms with Crippen molar-refractivity contribution in [1.29, 1.82) is 0 Å². The second-order valence-corrected chi connectivity index (χ2v) is 4.33. The molecule has 0 fully saturated rings. The van der Waals surface area contributed by atoms with Crippen LogP contribution in [0, 0.1) is 0 Å². The van der Waals surface area contributed by atoms with Crippen LogP contribution in [0.1, 0.15) is 15.9 Å². The Morgan fingerprint density at radius 1 is 1.14 bits per heavy atom. The third-order valence-corrected chi connectivity index (χ3v) is 2.94. The number of rotatable bonds is 5. The van der Waals surface area contributed by atoms with E-state index < -0.39 is 0 Å². The molecule has 0 radical (unpaired) electrons. The van der Waals surface area contributed by atoms with Gasteiger partial charge in [0.1, 0.15) is 17.2 Å². The van der Waals surface area contributed by atoms with Crippen molar-refractivity contribution in [1.82, 2.24) is 5.43 Å². The molecule has 1 amide bonds. The van der Waals surface area contributed by atoms with E-state index in [-0.39, 0.29) is 11.7 Å². The van der Waals surface area contributed by atoms with Crippen molar-refractivity contribution in [3.8, 4) is 17.2 Å². The van der Waals surface area contributed by atoms with Crippen molar-refractivity contribution in [3.05, 3.63) is 53.6 Å². The number of nitrogens with one attached hydrogen (secondary N) is 1. The predicted molar refractivity (Wildman–Crippen MR) is 82.7 cm³/mol. The van der Waals surface area contributed by atoms with Crippen LogP contribution < -0.4 is 14.9 Å². The summed E-state index contributed by atoms with van der Waals surface area (Å²) in [7, 11) is 2.98. The molecule has 0 aliphatic rings. The molecule has 114 valence electrons. The van der Waals surface area contributed by atoms with Crippen LogP contribution in [0.15, 0.2) is 47.6 Å². The largest absolute Gasteiger partial charge is 0.508 e. The van der Waals surface area contributed by atoms with Gasteiger partial charge < -0.3 is 14.6 Å². The van der Waals surface area contributed by atoms with Crippen molar-refractivity contribution < 1.29 is 19.4 Å². The minimum atomic E-state index is -0.383. The number of nitrogens with zero attached hydrogens (tertiary/aromatic N) is 1. The molecular weight excluding hydrogens is 284 g/mol. The molecular formula is C16H16N2O4. The third kappa shape index (κ3) is 3.54. The number of hydrazone groups is 1. The van der Waals surface area contributed by atoms with Crippen LogP contribution in [0.4, 0.5) is 0 Å². The quantitative estimate of drug-likeness (QED) is 0.655. The highest BCUT2D eigenvalue weighted by Crippen LogP contribution is 2.22. The average molecular weight is 300 g/mol. The molecule has 0 aromatic heterocycles. The van der Waals surface area contributed by atoms with E-state index in [2.05, 4.69) is 10.5 Å². The lowest BCUT2D eigenvalue weighted by Crippen LogP contribution is -2.18. The van der Waals surface area contributed by atoms with Crippen molar-refractivity contribution in [2.45, 2.75) is 0 Å². The summed E-state index contributed by atoms with van der Waals surface area (Å²) in [4.78, 5) is 12.0. The van der Waals surface area contributed by atoms with E-state index >= 15 is 0 Å². The molecule has 0 aliphatic heterocycles. The number of hydrogen-bond acceptors (Lipinski definition) is 5. The molecule has 0 unspecified atom stereocenters. The SMILES string of the molecule is COc1cc(O)ccc1C=NNC(=O)c1ccccc1OC. The fraction of sp³-hybridized carbons (Fsp3) is 0.125. The Kier molecular flexibility index (Phi) is 4.98. The Morgan fingerprint density at radius 2 is 1.86 bits per heavy atom. The molecule has 2 aromatic carbocycles. The van der Waals surface area contributed by atoms with Gasteiger partial charge in [0.15, 0.2) is 0 Å². The minimum absolute atomic E-state index is 0.0899. The van der Waals surface area contributed by atoms with Crippen molar-refractivity contribution in [3.63, 3.8) is 0 Å². The second kappa shape index (κ2) is 7.12. The predicted octanol–water partition coefficient (Wildman–Crippen LogP) is 2.17. The van der Waals surface area contributed by atoms with E-state index in [1.165, 1.54) is 32.6 Å². The second-order valence-electron chi connectivity index (χ2n) is 4.33. The zero-order valence-corrected chi connectivity index (χ0v) is 12.2. The lowest BCUT2D eigenvalue weighted by molar-refractivity contribution is 0.0952. The van der Waals surface area contributed by atoms with Gasteiger partial charge in [-0.25, -0.2) is 5.43 Å². The molecule has 22 heavy (non-hydrogen) atoms. The first kappa shape index (κ1) is 15.4. The summed E-state index contributed by atoms with van der Waals surface area (Å²) >= 11 is 0. The molecule has 6 heteroatoms. The average Bonchev–Trinajstić information content (AvgIpc) is 2.55. The van der Waals surface area contributed by atoms with Crippen LogP contribution in [0.2, 0.25) is 0 Å². The van der Waals surface area contributed by atoms with Gasteiger partial charge in [-0.05, 0) is 24.3 Å². The normalized spacial score (nSPS) is 10.5. The van der Waals surface area contributed by atoms with Gasteiger partial charge in [0, 0.05) is 11.6 Å². The van der Waals surface area contributed by atoms with Gasteiger partial charge in [-0.15, -0.1) is 0 Å². The molecule has 0 saturated heterocycles. The highest BCUT2D eigenvalue weighted by molar-refractivity contribution is 5.97. The van der Waals surface area contributed by atoms with Gasteiger partial charge in [0.25, 0.3) is 5.91 Å². The molecule has 0 heterocycles. The fourth-order valence-corrected chi connectivity index (χ4v) is 1.86. The summed E-state index contributed by atoms with van der Waals surface area (Å²) in [5.74, 6) is 0.631. The van der Waals surface area contributed by atoms with Crippen LogP contribution in [-0.4, -0.2) is 31.4 Å². The Morgan fingerprint density at radius 3 is 2.59 bits per heavy atom. The number of carbonyl (C=O) groups excluding carboxylic acids is 1. The van der Waals surface area contributed by atoms with Gasteiger partial charge in [-0.1, -0.05) is 12.1 Å². The summed E-state index contributed by atoms with van der Waals surface area (Å²) < 4.78 is 10.2. The summed E-state index contributed by atoms with van der Waals surface area (Å²) in [6, 6.07) is 11.5. The number of amides is 1. The number of benzene rings is 2. The maximum absolute atomic E-state index is 12.0. The number of para-hydroxylation sites is 1. The van der Waals surface area contributed by atoms with Crippen molar-refractivity contribution >= 4 is 12.1 Å². The van der Waals surface area contributed by atoms with Gasteiger partial charge in [0.05, 0.1) is 26.0 Å². The maximum Gasteiger partial charge on any atom is 0.275 e. The van der Waals surface area contributed by atoms with Crippen LogP contribution in [0.5, 0.6) is 17.2 Å². The molecule has 0 atom stereocenters. The highest BCUT2D eigenvalue weighted by atomic mass is 16.5. The van der Waals surface area contributed by atoms with E-state index in [1.54, 1.807) is 30.3 Å². The van der Waals surface area contributed by atoms with Gasteiger partial charge in [-0.3, -0.25) is 4.79 Å². The topological polar surface area (TPSA) is 80.2 Å². The zero-order valence-electron chi connectivity index (χ0n) is 12.2. The van der Waals surface area contributed by atoms with Gasteiger partial charge >= 0.3 is 0 Å². The maximum atomic E-state index is 12.0. The number of ether oxygens (including phenoxy) is 2. The molecule has 2 rings (SSSR count). The number of carbonyl (C=O) groups is 1. The number of aromatic hydroxyl groups is 1. The van der Waals surface area contributed by atoms with Gasteiger partial charge in [0.2, 0.25) is 0 Å². The Labute approximate surface area is 128 Å². The first-order chi connectivity index (χ1) is 10.7. The number of methoxy groups -OCH3 is 2. The monoisotopic (exact) mass is 300 g/mol. The van der Waals surface area contributed by atoms with E-state index in [9.17, 15) is 9.90 Å². The smallest absolute Gasteiger partial charge is 0.275 e. The summed E-state index contributed by atoms with van der Waals surface area (Å²) in [6.07, 6.45) is 1.44. The molecule has 2 N–H and O–H groups in total. The zero-order chi connectivity index (χ0) is 15.9. The van der Waals surface area contributed by atoms with E-state index in [1.807, 2.05) is 0 Å². The Balaban J connectivity index is 2.11. The number of phenols is 1. The summed E-state index contributed by atoms with van der Waals surface area (Å²) in [5.41, 5.74) is 3.43. The van der Waals surface area contributed by atoms with Crippen LogP contribution in [0.25, 0.3) is 0 Å². The first-order valence-electron chi connectivity index (χ1n) is 6.49. The molecule has 6 nitrogen and oxygen atoms in total. The summed E-state index contributed by atoms with van der Waals surface area (Å²) in [5, 5.41) is 13.3. The molecule has 2 aromatic rings. The molecule has 0 saturated carbocycles. The van der Waals surface area contributed by atoms with E-state index in [0.29, 0.717) is 22.6 Å². The highest BCUT2D eigenvalue weighted by Gasteiger charge is 2.10. The first-order valence-corrected chi connectivity index (χ1v) is 6.49. The standard InChI is InChI=1S/C16H16N2O4/c1-21-14-6-4-3-5-13(14)16(20)18-17-10-11-7-8-12(19)9-15(11)22-2/h3-10,19H,1-2H3,(H,18,20). The van der Waals surface area contributed by atoms with Crippen LogP contribution in [-0.2, 0) is 0 Å². The molecule has 0 bridgehead atoms. The van der Waals surface area contributed by atoms with Gasteiger partial charge in [-0.2, -0.15) is 5.10 Å². The Hall–Kier alpha value is -3.02. The molecule has 0 spiro atoms. The van der Waals surface area contributed by atoms with E-state index in [0.717, 1.165) is 0 Å². The lowest BCUT2D eigenvalue weighted by Gasteiger charge is -2.07. The fourth-order valence-electron chi connectivity index (χ4n) is 1.86. The van der Waals surface area contributed by atoms with Crippen molar-refractivity contribution in [2.75, 3.05) is 14.2 Å². The van der Waals surface area contributed by atoms with Crippen LogP contribution in [0.3, 0.4) is 0 Å². The van der Waals surface area contributed by atoms with Crippen molar-refractivity contribution in [2.24, 2.45) is 5.10 Å². The molecule has 0 aliphatic carbocycles. The van der Waals surface area contributed by atoms with Crippen LogP contribution >= 0.6 is 0 Å². The number of phenolic OH excluding ortho intramolecular Hbond substituents is 1. The third-order valence-electron chi connectivity index (χ3n) is 2.94. The number of hydrogen-bond donors (Lipinski definition) is 2.